The van der Waals surface area contributed by atoms with E-state index in [0.29, 0.717) is 0 Å². The van der Waals surface area contributed by atoms with Crippen LogP contribution in [0.3, 0.4) is 0 Å². The molecule has 11 heteroatoms. The fourth-order valence-electron chi connectivity index (χ4n) is 2.10. The number of halogens is 6. The van der Waals surface area contributed by atoms with Crippen LogP contribution in [0.5, 0.6) is 0 Å². The van der Waals surface area contributed by atoms with Gasteiger partial charge in [0.05, 0.1) is 17.8 Å². The number of hydrogen-bond acceptors (Lipinski definition) is 3. The van der Waals surface area contributed by atoms with Crippen LogP contribution in [0, 0.1) is 35.5 Å². The Labute approximate surface area is 150 Å². The predicted octanol–water partition coefficient (Wildman–Crippen LogP) is 3.67. The zero-order valence-electron chi connectivity index (χ0n) is 13.1. The Bertz CT molecular complexity index is 669. The minimum atomic E-state index is -5.26. The van der Waals surface area contributed by atoms with E-state index in [1.807, 2.05) is 0 Å². The van der Waals surface area contributed by atoms with Gasteiger partial charge in [0, 0.05) is 17.1 Å². The summed E-state index contributed by atoms with van der Waals surface area (Å²) in [5.74, 6) is -10.4. The Morgan fingerprint density at radius 2 is 1.52 bits per heavy atom. The second-order valence-corrected chi connectivity index (χ2v) is 6.20. The standard InChI is InChI=1S/C14H14F6N2O2.Fe/c1-13(2,3)10(24)6(14(18,19)20)9(23)5-7(15)11(17)22-12(21-4)8(5)16;/h6,9-10,23-24H,1-3H3;. The van der Waals surface area contributed by atoms with Crippen LogP contribution in [0.1, 0.15) is 32.4 Å². The van der Waals surface area contributed by atoms with E-state index in [0.717, 1.165) is 0 Å². The van der Waals surface area contributed by atoms with E-state index in [1.165, 1.54) is 20.8 Å². The van der Waals surface area contributed by atoms with Gasteiger partial charge < -0.3 is 15.1 Å². The van der Waals surface area contributed by atoms with Crippen LogP contribution in [-0.2, 0) is 17.1 Å². The van der Waals surface area contributed by atoms with Crippen molar-refractivity contribution in [2.45, 2.75) is 39.2 Å². The molecule has 0 spiro atoms. The van der Waals surface area contributed by atoms with Crippen molar-refractivity contribution >= 4 is 5.82 Å². The Morgan fingerprint density at radius 1 is 1.04 bits per heavy atom. The van der Waals surface area contributed by atoms with Gasteiger partial charge in [-0.05, 0) is 5.41 Å². The average molecular weight is 412 g/mol. The molecular formula is C14H14F6FeN2O2. The van der Waals surface area contributed by atoms with Gasteiger partial charge in [0.25, 0.3) is 0 Å². The van der Waals surface area contributed by atoms with Crippen LogP contribution in [0.2, 0.25) is 0 Å². The molecule has 2 N–H and O–H groups in total. The van der Waals surface area contributed by atoms with Crippen molar-refractivity contribution in [3.05, 3.63) is 34.6 Å². The molecule has 0 bridgehead atoms. The van der Waals surface area contributed by atoms with Crippen molar-refractivity contribution < 1.29 is 53.6 Å². The molecule has 3 unspecified atom stereocenters. The number of aliphatic hydroxyl groups is 2. The minimum absolute atomic E-state index is 0. The van der Waals surface area contributed by atoms with E-state index in [4.69, 9.17) is 6.57 Å². The summed E-state index contributed by atoms with van der Waals surface area (Å²) in [6, 6.07) is 0. The molecule has 1 aromatic rings. The number of aromatic nitrogens is 1. The summed E-state index contributed by atoms with van der Waals surface area (Å²) < 4.78 is 80.8. The number of aliphatic hydroxyl groups excluding tert-OH is 2. The fraction of sp³-hybridized carbons (Fsp3) is 0.571. The molecule has 142 valence electrons. The van der Waals surface area contributed by atoms with Gasteiger partial charge in [-0.25, -0.2) is 4.39 Å². The molecule has 0 aliphatic carbocycles. The molecule has 0 amide bonds. The number of pyridine rings is 1. The monoisotopic (exact) mass is 412 g/mol. The maximum absolute atomic E-state index is 14.0. The summed E-state index contributed by atoms with van der Waals surface area (Å²) in [7, 11) is 0. The summed E-state index contributed by atoms with van der Waals surface area (Å²) in [5.41, 5.74) is -3.11. The van der Waals surface area contributed by atoms with E-state index >= 15 is 0 Å². The van der Waals surface area contributed by atoms with Crippen molar-refractivity contribution in [2.24, 2.45) is 11.3 Å². The van der Waals surface area contributed by atoms with Crippen molar-refractivity contribution in [2.75, 3.05) is 0 Å². The van der Waals surface area contributed by atoms with Gasteiger partial charge in [0.15, 0.2) is 5.82 Å². The van der Waals surface area contributed by atoms with Gasteiger partial charge in [-0.1, -0.05) is 32.3 Å². The number of rotatable bonds is 3. The van der Waals surface area contributed by atoms with Crippen LogP contribution < -0.4 is 0 Å². The van der Waals surface area contributed by atoms with Crippen LogP contribution in [0.15, 0.2) is 0 Å². The van der Waals surface area contributed by atoms with Crippen LogP contribution >= 0.6 is 0 Å². The Kier molecular flexibility index (Phi) is 7.49. The topological polar surface area (TPSA) is 57.7 Å². The molecule has 0 saturated carbocycles. The number of hydrogen-bond donors (Lipinski definition) is 2. The maximum Gasteiger partial charge on any atom is 0.397 e. The SMILES string of the molecule is [C-]#[N+]c1nc(F)c(F)c(C(O)C(C(O)C(C)(C)C)C(F)(F)F)c1F.[Fe]. The van der Waals surface area contributed by atoms with Crippen LogP contribution in [0.25, 0.3) is 4.85 Å². The van der Waals surface area contributed by atoms with Gasteiger partial charge in [0.1, 0.15) is 5.92 Å². The smallest absolute Gasteiger partial charge is 0.392 e. The molecule has 4 nitrogen and oxygen atoms in total. The van der Waals surface area contributed by atoms with Gasteiger partial charge >= 0.3 is 17.9 Å². The van der Waals surface area contributed by atoms with Gasteiger partial charge in [-0.2, -0.15) is 22.0 Å². The molecule has 3 atom stereocenters. The quantitative estimate of drug-likeness (QED) is 0.345. The van der Waals surface area contributed by atoms with E-state index in [1.54, 1.807) is 0 Å². The summed E-state index contributed by atoms with van der Waals surface area (Å²) >= 11 is 0. The molecule has 0 radical (unpaired) electrons. The molecule has 0 saturated heterocycles. The molecular weight excluding hydrogens is 398 g/mol. The first-order valence-electron chi connectivity index (χ1n) is 6.58. The second kappa shape index (κ2) is 7.91. The van der Waals surface area contributed by atoms with Crippen LogP contribution in [0.4, 0.5) is 32.2 Å². The molecule has 25 heavy (non-hydrogen) atoms. The molecule has 1 aromatic heterocycles. The summed E-state index contributed by atoms with van der Waals surface area (Å²) in [4.78, 5) is 5.06. The zero-order valence-corrected chi connectivity index (χ0v) is 14.2. The zero-order chi connectivity index (χ0) is 19.0. The number of alkyl halides is 3. The molecule has 0 aromatic carbocycles. The summed E-state index contributed by atoms with van der Waals surface area (Å²) in [6.07, 6.45) is -10.5. The third kappa shape index (κ3) is 4.85. The van der Waals surface area contributed by atoms with Crippen molar-refractivity contribution in [3.63, 3.8) is 0 Å². The van der Waals surface area contributed by atoms with E-state index in [-0.39, 0.29) is 17.1 Å². The van der Waals surface area contributed by atoms with Crippen molar-refractivity contribution in [1.29, 1.82) is 0 Å². The molecule has 0 fully saturated rings. The Hall–Kier alpha value is -1.34. The van der Waals surface area contributed by atoms with Crippen molar-refractivity contribution in [3.8, 4) is 0 Å². The number of nitrogens with zero attached hydrogens (tertiary/aromatic N) is 2. The first-order valence-corrected chi connectivity index (χ1v) is 6.58. The molecule has 1 heterocycles. The van der Waals surface area contributed by atoms with E-state index in [2.05, 4.69) is 9.83 Å². The van der Waals surface area contributed by atoms with Crippen molar-refractivity contribution in [1.82, 2.24) is 4.98 Å². The van der Waals surface area contributed by atoms with Gasteiger partial charge in [0.2, 0.25) is 5.82 Å². The molecule has 1 rings (SSSR count). The molecule has 0 aliphatic rings. The Morgan fingerprint density at radius 3 is 1.88 bits per heavy atom. The molecule has 0 aliphatic heterocycles. The minimum Gasteiger partial charge on any atom is -0.392 e. The first kappa shape index (κ1) is 23.7. The van der Waals surface area contributed by atoms with E-state index < -0.39 is 58.7 Å². The summed E-state index contributed by atoms with van der Waals surface area (Å²) in [5, 5.41) is 19.8. The normalized spacial score (nSPS) is 15.8. The third-order valence-corrected chi connectivity index (χ3v) is 3.40. The van der Waals surface area contributed by atoms with Gasteiger partial charge in [-0.3, -0.25) is 0 Å². The Balaban J connectivity index is 0.00000576. The van der Waals surface area contributed by atoms with E-state index in [9.17, 15) is 36.6 Å². The predicted molar refractivity (Wildman–Crippen MR) is 70.3 cm³/mol. The van der Waals surface area contributed by atoms with Crippen LogP contribution in [-0.4, -0.2) is 27.5 Å². The largest absolute Gasteiger partial charge is 0.397 e. The fourth-order valence-corrected chi connectivity index (χ4v) is 2.10. The maximum atomic E-state index is 14.0. The second-order valence-electron chi connectivity index (χ2n) is 6.20. The van der Waals surface area contributed by atoms with Gasteiger partial charge in [-0.15, -0.1) is 0 Å². The average Bonchev–Trinajstić information content (AvgIpc) is 2.40. The summed E-state index contributed by atoms with van der Waals surface area (Å²) in [6.45, 7) is 10.2. The first-order chi connectivity index (χ1) is 10.7. The third-order valence-electron chi connectivity index (χ3n) is 3.40.